The smallest absolute Gasteiger partial charge is 0.293 e. The van der Waals surface area contributed by atoms with Gasteiger partial charge in [-0.3, -0.25) is 20.3 Å². The van der Waals surface area contributed by atoms with Gasteiger partial charge in [-0.1, -0.05) is 19.3 Å². The molecular weight excluding hydrogens is 288 g/mol. The van der Waals surface area contributed by atoms with E-state index in [1.165, 1.54) is 25.7 Å². The Balaban J connectivity index is 2.38. The summed E-state index contributed by atoms with van der Waals surface area (Å²) in [4.78, 5) is 22.5. The first-order valence-electron chi connectivity index (χ1n) is 7.20. The number of carbonyl (C=O) groups excluding carboxylic acids is 1. The number of rotatable bonds is 5. The quantitative estimate of drug-likeness (QED) is 0.331. The minimum atomic E-state index is -0.635. The Morgan fingerprint density at radius 2 is 2.05 bits per heavy atom. The molecule has 1 aromatic carbocycles. The van der Waals surface area contributed by atoms with Crippen molar-refractivity contribution in [2.75, 3.05) is 12.4 Å². The number of nitro groups is 1. The number of nitro benzene ring substituents is 1. The first-order valence-corrected chi connectivity index (χ1v) is 7.20. The normalized spacial score (nSPS) is 15.2. The summed E-state index contributed by atoms with van der Waals surface area (Å²) in [5, 5.41) is 14.5. The van der Waals surface area contributed by atoms with Crippen LogP contribution in [0, 0.1) is 10.1 Å². The van der Waals surface area contributed by atoms with Gasteiger partial charge < -0.3 is 10.1 Å². The number of carbonyl (C=O) groups is 1. The average Bonchev–Trinajstić information content (AvgIpc) is 2.54. The molecule has 0 atom stereocenters. The molecule has 2 rings (SSSR count). The fourth-order valence-corrected chi connectivity index (χ4v) is 2.73. The Kier molecular flexibility index (Phi) is 5.16. The molecule has 0 heterocycles. The Morgan fingerprint density at radius 1 is 1.36 bits per heavy atom. The van der Waals surface area contributed by atoms with Crippen LogP contribution in [0.4, 0.5) is 11.4 Å². The molecule has 0 spiro atoms. The van der Waals surface area contributed by atoms with E-state index < -0.39 is 10.8 Å². The van der Waals surface area contributed by atoms with Gasteiger partial charge in [0.25, 0.3) is 11.6 Å². The second-order valence-electron chi connectivity index (χ2n) is 5.28. The number of ether oxygens (including phenoxy) is 1. The van der Waals surface area contributed by atoms with Crippen LogP contribution in [0.15, 0.2) is 12.1 Å². The third kappa shape index (κ3) is 3.45. The zero-order chi connectivity index (χ0) is 16.1. The summed E-state index contributed by atoms with van der Waals surface area (Å²) in [6.45, 7) is 0. The van der Waals surface area contributed by atoms with Gasteiger partial charge in [0.15, 0.2) is 0 Å². The third-order valence-corrected chi connectivity index (χ3v) is 3.86. The molecule has 8 nitrogen and oxygen atoms in total. The number of anilines is 1. The van der Waals surface area contributed by atoms with Gasteiger partial charge >= 0.3 is 0 Å². The number of nitrogens with two attached hydrogens (primary N) is 1. The monoisotopic (exact) mass is 308 g/mol. The Labute approximate surface area is 128 Å². The topological polar surface area (TPSA) is 120 Å². The minimum absolute atomic E-state index is 0.0332. The molecule has 1 aromatic rings. The minimum Gasteiger partial charge on any atom is -0.496 e. The van der Waals surface area contributed by atoms with Gasteiger partial charge in [-0.05, 0) is 12.8 Å². The number of nitrogens with zero attached hydrogens (tertiary/aromatic N) is 1. The van der Waals surface area contributed by atoms with Crippen LogP contribution in [0.1, 0.15) is 42.5 Å². The van der Waals surface area contributed by atoms with E-state index in [-0.39, 0.29) is 23.0 Å². The van der Waals surface area contributed by atoms with Crippen molar-refractivity contribution in [1.29, 1.82) is 0 Å². The number of amides is 1. The van der Waals surface area contributed by atoms with Crippen LogP contribution < -0.4 is 21.3 Å². The lowest BCUT2D eigenvalue weighted by molar-refractivity contribution is -0.384. The Morgan fingerprint density at radius 3 is 2.59 bits per heavy atom. The van der Waals surface area contributed by atoms with Crippen molar-refractivity contribution in [3.63, 3.8) is 0 Å². The molecule has 1 saturated carbocycles. The van der Waals surface area contributed by atoms with Crippen molar-refractivity contribution in [2.24, 2.45) is 5.84 Å². The SMILES string of the molecule is COc1cc(NC2CCCCC2)c([N+](=O)[O-])cc1C(=O)NN. The van der Waals surface area contributed by atoms with Crippen LogP contribution in [0.25, 0.3) is 0 Å². The van der Waals surface area contributed by atoms with E-state index >= 15 is 0 Å². The molecule has 0 bridgehead atoms. The van der Waals surface area contributed by atoms with Crippen molar-refractivity contribution < 1.29 is 14.5 Å². The van der Waals surface area contributed by atoms with Crippen LogP contribution in [0.2, 0.25) is 0 Å². The van der Waals surface area contributed by atoms with Crippen molar-refractivity contribution in [3.05, 3.63) is 27.8 Å². The second-order valence-corrected chi connectivity index (χ2v) is 5.28. The van der Waals surface area contributed by atoms with E-state index in [4.69, 9.17) is 10.6 Å². The first-order chi connectivity index (χ1) is 10.6. The largest absolute Gasteiger partial charge is 0.496 e. The summed E-state index contributed by atoms with van der Waals surface area (Å²) < 4.78 is 5.15. The highest BCUT2D eigenvalue weighted by Crippen LogP contribution is 2.34. The lowest BCUT2D eigenvalue weighted by Gasteiger charge is -2.24. The molecule has 8 heteroatoms. The lowest BCUT2D eigenvalue weighted by Crippen LogP contribution is -2.30. The molecule has 0 radical (unpaired) electrons. The molecule has 22 heavy (non-hydrogen) atoms. The van der Waals surface area contributed by atoms with Gasteiger partial charge in [0.05, 0.1) is 17.6 Å². The van der Waals surface area contributed by atoms with E-state index in [0.717, 1.165) is 25.7 Å². The van der Waals surface area contributed by atoms with Crippen LogP contribution in [-0.2, 0) is 0 Å². The summed E-state index contributed by atoms with van der Waals surface area (Å²) in [5.41, 5.74) is 2.20. The Hall–Kier alpha value is -2.35. The predicted octanol–water partition coefficient (Wildman–Crippen LogP) is 1.95. The third-order valence-electron chi connectivity index (χ3n) is 3.86. The van der Waals surface area contributed by atoms with Crippen LogP contribution in [0.3, 0.4) is 0 Å². The van der Waals surface area contributed by atoms with Crippen LogP contribution >= 0.6 is 0 Å². The van der Waals surface area contributed by atoms with E-state index in [9.17, 15) is 14.9 Å². The van der Waals surface area contributed by atoms with Crippen molar-refractivity contribution >= 4 is 17.3 Å². The van der Waals surface area contributed by atoms with Gasteiger partial charge in [0.2, 0.25) is 0 Å². The number of hydrazine groups is 1. The lowest BCUT2D eigenvalue weighted by atomic mass is 9.95. The van der Waals surface area contributed by atoms with Gasteiger partial charge in [-0.25, -0.2) is 5.84 Å². The highest BCUT2D eigenvalue weighted by molar-refractivity contribution is 5.98. The first kappa shape index (κ1) is 16.0. The highest BCUT2D eigenvalue weighted by atomic mass is 16.6. The number of hydrogen-bond donors (Lipinski definition) is 3. The predicted molar refractivity (Wildman–Crippen MR) is 81.8 cm³/mol. The number of nitrogen functional groups attached to an aromatic ring is 1. The molecule has 1 fully saturated rings. The zero-order valence-corrected chi connectivity index (χ0v) is 12.4. The molecule has 0 aromatic heterocycles. The zero-order valence-electron chi connectivity index (χ0n) is 12.4. The standard InChI is InChI=1S/C14H20N4O4/c1-22-13-8-11(16-9-5-3-2-4-6-9)12(18(20)21)7-10(13)14(19)17-15/h7-9,16H,2-6,15H2,1H3,(H,17,19). The fourth-order valence-electron chi connectivity index (χ4n) is 2.73. The molecule has 0 saturated heterocycles. The van der Waals surface area contributed by atoms with Gasteiger partial charge in [-0.15, -0.1) is 0 Å². The number of benzene rings is 1. The van der Waals surface area contributed by atoms with Crippen molar-refractivity contribution in [3.8, 4) is 5.75 Å². The fraction of sp³-hybridized carbons (Fsp3) is 0.500. The summed E-state index contributed by atoms with van der Waals surface area (Å²) in [5.74, 6) is 4.71. The molecular formula is C14H20N4O4. The summed E-state index contributed by atoms with van der Waals surface area (Å²) in [6, 6.07) is 2.87. The summed E-state index contributed by atoms with van der Waals surface area (Å²) in [6.07, 6.45) is 5.36. The highest BCUT2D eigenvalue weighted by Gasteiger charge is 2.24. The molecule has 4 N–H and O–H groups in total. The number of nitrogens with one attached hydrogen (secondary N) is 2. The van der Waals surface area contributed by atoms with E-state index in [0.29, 0.717) is 5.69 Å². The molecule has 0 aliphatic heterocycles. The molecule has 1 aliphatic rings. The molecule has 0 unspecified atom stereocenters. The molecule has 120 valence electrons. The van der Waals surface area contributed by atoms with Crippen molar-refractivity contribution in [2.45, 2.75) is 38.1 Å². The maximum absolute atomic E-state index is 11.7. The average molecular weight is 308 g/mol. The maximum atomic E-state index is 11.7. The summed E-state index contributed by atoms with van der Waals surface area (Å²) >= 11 is 0. The van der Waals surface area contributed by atoms with Gasteiger partial charge in [0, 0.05) is 18.2 Å². The number of methoxy groups -OCH3 is 1. The Bertz CT molecular complexity index is 570. The maximum Gasteiger partial charge on any atom is 0.293 e. The summed E-state index contributed by atoms with van der Waals surface area (Å²) in [7, 11) is 1.40. The van der Waals surface area contributed by atoms with Gasteiger partial charge in [0.1, 0.15) is 11.4 Å². The van der Waals surface area contributed by atoms with E-state index in [1.807, 2.05) is 5.43 Å². The van der Waals surface area contributed by atoms with Crippen LogP contribution in [0.5, 0.6) is 5.75 Å². The van der Waals surface area contributed by atoms with E-state index in [1.54, 1.807) is 0 Å². The molecule has 1 amide bonds. The van der Waals surface area contributed by atoms with Crippen LogP contribution in [-0.4, -0.2) is 24.0 Å². The number of hydrogen-bond acceptors (Lipinski definition) is 6. The second kappa shape index (κ2) is 7.08. The van der Waals surface area contributed by atoms with E-state index in [2.05, 4.69) is 5.32 Å². The van der Waals surface area contributed by atoms with Gasteiger partial charge in [-0.2, -0.15) is 0 Å². The molecule has 1 aliphatic carbocycles. The van der Waals surface area contributed by atoms with Crippen molar-refractivity contribution in [1.82, 2.24) is 5.43 Å².